The summed E-state index contributed by atoms with van der Waals surface area (Å²) in [6.45, 7) is 1.47. The summed E-state index contributed by atoms with van der Waals surface area (Å²) in [5.74, 6) is 0.815. The molecule has 0 saturated carbocycles. The molecule has 2 heterocycles. The highest BCUT2D eigenvalue weighted by molar-refractivity contribution is 5.97. The number of aromatic amines is 1. The topological polar surface area (TPSA) is 40.2 Å². The van der Waals surface area contributed by atoms with E-state index in [4.69, 9.17) is 0 Å². The maximum Gasteiger partial charge on any atom is 0.417 e. The molecule has 0 fully saturated rings. The van der Waals surface area contributed by atoms with Gasteiger partial charge in [-0.05, 0) is 17.7 Å². The Morgan fingerprint density at radius 1 is 1.00 bits per heavy atom. The lowest BCUT2D eigenvalue weighted by Crippen LogP contribution is -2.20. The van der Waals surface area contributed by atoms with E-state index in [9.17, 15) is 13.2 Å². The lowest BCUT2D eigenvalue weighted by atomic mass is 9.98. The van der Waals surface area contributed by atoms with Crippen LogP contribution in [-0.4, -0.2) is 23.9 Å². The van der Waals surface area contributed by atoms with Crippen molar-refractivity contribution in [1.82, 2.24) is 10.3 Å². The first-order valence-corrected chi connectivity index (χ1v) is 8.07. The molecule has 2 N–H and O–H groups in total. The second kappa shape index (κ2) is 7.03. The monoisotopic (exact) mass is 379 g/mol. The summed E-state index contributed by atoms with van der Waals surface area (Å²) in [6.07, 6.45) is -3.93. The number of H-pyrrole nitrogens is 1. The second-order valence-electron chi connectivity index (χ2n) is 6.00. The van der Waals surface area contributed by atoms with E-state index in [-0.39, 0.29) is 18.0 Å². The van der Waals surface area contributed by atoms with Gasteiger partial charge in [0.25, 0.3) is 0 Å². The number of hydrogen-bond acceptors (Lipinski definition) is 2. The number of amidine groups is 1. The number of nitrogens with zero attached hydrogens (tertiary/aromatic N) is 1. The van der Waals surface area contributed by atoms with E-state index in [1.54, 1.807) is 6.07 Å². The first-order valence-electron chi connectivity index (χ1n) is 8.07. The summed E-state index contributed by atoms with van der Waals surface area (Å²) in [7, 11) is 0. The number of benzene rings is 2. The normalized spacial score (nSPS) is 14.0. The summed E-state index contributed by atoms with van der Waals surface area (Å²) < 4.78 is 40.4. The standard InChI is InChI=1S/C19H16F3N3.ClH/c20-19(21,22)15-7-3-1-6-13(15)18-14(11-17-23-9-10-24-17)12-5-2-4-8-16(12)25-18;/h1-8,25H,9-11H2,(H,23,24);1H. The minimum Gasteiger partial charge on any atom is -0.372 e. The number of nitrogens with one attached hydrogen (secondary N) is 2. The van der Waals surface area contributed by atoms with Crippen molar-refractivity contribution in [3.05, 3.63) is 59.7 Å². The van der Waals surface area contributed by atoms with Crippen molar-refractivity contribution in [3.63, 3.8) is 0 Å². The number of fused-ring (bicyclic) bond motifs is 1. The molecule has 0 radical (unpaired) electrons. The average molecular weight is 380 g/mol. The Morgan fingerprint density at radius 3 is 2.46 bits per heavy atom. The van der Waals surface area contributed by atoms with Gasteiger partial charge in [0.05, 0.1) is 17.8 Å². The summed E-state index contributed by atoms with van der Waals surface area (Å²) in [5.41, 5.74) is 1.69. The minimum absolute atomic E-state index is 0. The largest absolute Gasteiger partial charge is 0.417 e. The van der Waals surface area contributed by atoms with Gasteiger partial charge < -0.3 is 10.3 Å². The van der Waals surface area contributed by atoms with Crippen LogP contribution in [0.15, 0.2) is 53.5 Å². The molecule has 0 bridgehead atoms. The van der Waals surface area contributed by atoms with Crippen LogP contribution in [-0.2, 0) is 12.6 Å². The molecule has 26 heavy (non-hydrogen) atoms. The highest BCUT2D eigenvalue weighted by Crippen LogP contribution is 2.39. The van der Waals surface area contributed by atoms with Gasteiger partial charge in [-0.25, -0.2) is 0 Å². The molecule has 0 amide bonds. The van der Waals surface area contributed by atoms with Crippen LogP contribution in [0.5, 0.6) is 0 Å². The van der Waals surface area contributed by atoms with Gasteiger partial charge in [0.2, 0.25) is 0 Å². The van der Waals surface area contributed by atoms with E-state index in [1.165, 1.54) is 12.1 Å². The maximum absolute atomic E-state index is 13.5. The Balaban J connectivity index is 0.00000196. The zero-order chi connectivity index (χ0) is 17.4. The van der Waals surface area contributed by atoms with E-state index in [0.717, 1.165) is 34.9 Å². The summed E-state index contributed by atoms with van der Waals surface area (Å²) in [6, 6.07) is 13.2. The molecule has 1 aromatic heterocycles. The van der Waals surface area contributed by atoms with Gasteiger partial charge in [0.15, 0.2) is 0 Å². The van der Waals surface area contributed by atoms with E-state index >= 15 is 0 Å². The van der Waals surface area contributed by atoms with Crippen LogP contribution in [0.1, 0.15) is 11.1 Å². The molecule has 2 aromatic carbocycles. The highest BCUT2D eigenvalue weighted by atomic mass is 35.5. The van der Waals surface area contributed by atoms with Crippen LogP contribution in [0.2, 0.25) is 0 Å². The maximum atomic E-state index is 13.5. The van der Waals surface area contributed by atoms with Crippen molar-refractivity contribution in [1.29, 1.82) is 0 Å². The third-order valence-corrected chi connectivity index (χ3v) is 4.40. The van der Waals surface area contributed by atoms with Gasteiger partial charge in [-0.3, -0.25) is 4.99 Å². The van der Waals surface area contributed by atoms with E-state index in [2.05, 4.69) is 15.3 Å². The lowest BCUT2D eigenvalue weighted by molar-refractivity contribution is -0.137. The molecule has 3 nitrogen and oxygen atoms in total. The van der Waals surface area contributed by atoms with Gasteiger partial charge in [-0.15, -0.1) is 12.4 Å². The van der Waals surface area contributed by atoms with Crippen LogP contribution in [0.25, 0.3) is 22.2 Å². The number of para-hydroxylation sites is 1. The van der Waals surface area contributed by atoms with Gasteiger partial charge in [0, 0.05) is 29.4 Å². The molecule has 0 saturated heterocycles. The third-order valence-electron chi connectivity index (χ3n) is 4.40. The summed E-state index contributed by atoms with van der Waals surface area (Å²) in [4.78, 5) is 7.58. The fourth-order valence-corrected chi connectivity index (χ4v) is 3.29. The smallest absolute Gasteiger partial charge is 0.372 e. The number of rotatable bonds is 3. The molecular weight excluding hydrogens is 363 g/mol. The predicted molar refractivity (Wildman–Crippen MR) is 100.0 cm³/mol. The first-order chi connectivity index (χ1) is 12.0. The van der Waals surface area contributed by atoms with Crippen LogP contribution < -0.4 is 5.32 Å². The zero-order valence-electron chi connectivity index (χ0n) is 13.7. The SMILES string of the molecule is Cl.FC(F)(F)c1ccccc1-c1[nH]c2ccccc2c1CC1=NCCN1. The fraction of sp³-hybridized carbons (Fsp3) is 0.211. The van der Waals surface area contributed by atoms with Crippen LogP contribution in [0.4, 0.5) is 13.2 Å². The Bertz CT molecular complexity index is 960. The molecule has 1 aliphatic heterocycles. The Labute approximate surface area is 154 Å². The molecule has 0 aliphatic carbocycles. The lowest BCUT2D eigenvalue weighted by Gasteiger charge is -2.13. The van der Waals surface area contributed by atoms with E-state index < -0.39 is 11.7 Å². The molecule has 0 spiro atoms. The first kappa shape index (κ1) is 18.3. The Morgan fingerprint density at radius 2 is 1.73 bits per heavy atom. The second-order valence-corrected chi connectivity index (χ2v) is 6.00. The van der Waals surface area contributed by atoms with Gasteiger partial charge in [0.1, 0.15) is 5.84 Å². The van der Waals surface area contributed by atoms with Gasteiger partial charge >= 0.3 is 6.18 Å². The third kappa shape index (κ3) is 3.29. The van der Waals surface area contributed by atoms with E-state index in [1.807, 2.05) is 24.3 Å². The number of aromatic nitrogens is 1. The Hall–Kier alpha value is -2.47. The fourth-order valence-electron chi connectivity index (χ4n) is 3.29. The van der Waals surface area contributed by atoms with Crippen LogP contribution in [0.3, 0.4) is 0 Å². The van der Waals surface area contributed by atoms with E-state index in [0.29, 0.717) is 18.7 Å². The molecule has 1 aliphatic rings. The quantitative estimate of drug-likeness (QED) is 0.673. The van der Waals surface area contributed by atoms with Crippen LogP contribution >= 0.6 is 12.4 Å². The van der Waals surface area contributed by atoms with Crippen molar-refractivity contribution in [2.24, 2.45) is 4.99 Å². The molecular formula is C19H17ClF3N3. The highest BCUT2D eigenvalue weighted by Gasteiger charge is 2.34. The molecule has 0 unspecified atom stereocenters. The van der Waals surface area contributed by atoms with Crippen molar-refractivity contribution in [3.8, 4) is 11.3 Å². The Kier molecular flexibility index (Phi) is 4.96. The number of aliphatic imine (C=N–C) groups is 1. The van der Waals surface area contributed by atoms with Gasteiger partial charge in [-0.2, -0.15) is 13.2 Å². The predicted octanol–water partition coefficient (Wildman–Crippen LogP) is 4.82. The number of halogens is 4. The molecule has 136 valence electrons. The zero-order valence-corrected chi connectivity index (χ0v) is 14.5. The molecule has 0 atom stereocenters. The van der Waals surface area contributed by atoms with Gasteiger partial charge in [-0.1, -0.05) is 36.4 Å². The number of alkyl halides is 3. The molecule has 7 heteroatoms. The summed E-state index contributed by atoms with van der Waals surface area (Å²) >= 11 is 0. The van der Waals surface area contributed by atoms with Crippen molar-refractivity contribution >= 4 is 29.1 Å². The minimum atomic E-state index is -4.41. The van der Waals surface area contributed by atoms with Crippen molar-refractivity contribution < 1.29 is 13.2 Å². The van der Waals surface area contributed by atoms with Crippen molar-refractivity contribution in [2.75, 3.05) is 13.1 Å². The summed E-state index contributed by atoms with van der Waals surface area (Å²) in [5, 5.41) is 4.12. The molecule has 4 rings (SSSR count). The van der Waals surface area contributed by atoms with Crippen LogP contribution in [0, 0.1) is 0 Å². The number of hydrogen-bond donors (Lipinski definition) is 2. The van der Waals surface area contributed by atoms with Crippen molar-refractivity contribution in [2.45, 2.75) is 12.6 Å². The molecule has 3 aromatic rings. The average Bonchev–Trinajstić information content (AvgIpc) is 3.23.